The second kappa shape index (κ2) is 6.22. The molecular formula is C17H17FN2O3S. The Bertz CT molecular complexity index is 793. The first-order valence-electron chi connectivity index (χ1n) is 7.92. The van der Waals surface area contributed by atoms with E-state index in [9.17, 15) is 14.3 Å². The summed E-state index contributed by atoms with van der Waals surface area (Å²) in [5.41, 5.74) is 0.629. The highest BCUT2D eigenvalue weighted by Crippen LogP contribution is 2.34. The number of ether oxygens (including phenoxy) is 1. The van der Waals surface area contributed by atoms with Crippen molar-refractivity contribution in [3.8, 4) is 5.75 Å². The van der Waals surface area contributed by atoms with Gasteiger partial charge < -0.3 is 14.7 Å². The molecule has 126 valence electrons. The summed E-state index contributed by atoms with van der Waals surface area (Å²) in [6.45, 7) is 1.88. The lowest BCUT2D eigenvalue weighted by Gasteiger charge is -2.43. The summed E-state index contributed by atoms with van der Waals surface area (Å²) in [5, 5.41) is 10.8. The normalized spacial score (nSPS) is 24.0. The monoisotopic (exact) mass is 348 g/mol. The van der Waals surface area contributed by atoms with Gasteiger partial charge in [-0.2, -0.15) is 11.8 Å². The summed E-state index contributed by atoms with van der Waals surface area (Å²) < 4.78 is 19.2. The van der Waals surface area contributed by atoms with Crippen molar-refractivity contribution < 1.29 is 19.0 Å². The van der Waals surface area contributed by atoms with Gasteiger partial charge in [-0.1, -0.05) is 0 Å². The van der Waals surface area contributed by atoms with E-state index >= 15 is 0 Å². The lowest BCUT2D eigenvalue weighted by molar-refractivity contribution is 0.0319. The van der Waals surface area contributed by atoms with E-state index in [-0.39, 0.29) is 28.5 Å². The number of benzene rings is 1. The number of halogens is 1. The van der Waals surface area contributed by atoms with Crippen LogP contribution in [0, 0.1) is 5.82 Å². The number of thioether (sulfide) groups is 1. The maximum atomic E-state index is 13.7. The number of carbonyl (C=O) groups excluding carboxylic acids is 1. The van der Waals surface area contributed by atoms with Gasteiger partial charge in [0.05, 0.1) is 23.9 Å². The van der Waals surface area contributed by atoms with Crippen molar-refractivity contribution in [2.45, 2.75) is 17.7 Å². The molecule has 2 aliphatic heterocycles. The van der Waals surface area contributed by atoms with Crippen LogP contribution in [0.3, 0.4) is 0 Å². The lowest BCUT2D eigenvalue weighted by atomic mass is 10.0. The molecule has 0 bridgehead atoms. The Morgan fingerprint density at radius 3 is 3.21 bits per heavy atom. The second-order valence-electron chi connectivity index (χ2n) is 6.02. The number of hydrogen-bond acceptors (Lipinski definition) is 5. The molecule has 2 aromatic rings. The van der Waals surface area contributed by atoms with Crippen molar-refractivity contribution in [3.05, 3.63) is 35.8 Å². The Kier molecular flexibility index (Phi) is 4.05. The van der Waals surface area contributed by atoms with E-state index in [1.165, 1.54) is 24.4 Å². The van der Waals surface area contributed by atoms with Gasteiger partial charge in [-0.25, -0.2) is 4.39 Å². The maximum Gasteiger partial charge on any atom is 0.258 e. The van der Waals surface area contributed by atoms with Crippen LogP contribution in [0.1, 0.15) is 16.8 Å². The van der Waals surface area contributed by atoms with Crippen LogP contribution in [0.25, 0.3) is 10.9 Å². The molecule has 1 N–H and O–H groups in total. The molecule has 0 aliphatic carbocycles. The number of hydrogen-bond donors (Lipinski definition) is 1. The molecule has 1 aromatic carbocycles. The minimum atomic E-state index is -0.456. The van der Waals surface area contributed by atoms with Gasteiger partial charge in [0.25, 0.3) is 5.91 Å². The molecule has 5 nitrogen and oxygen atoms in total. The average Bonchev–Trinajstić information content (AvgIpc) is 2.60. The number of pyridine rings is 1. The fourth-order valence-electron chi connectivity index (χ4n) is 3.46. The highest BCUT2D eigenvalue weighted by atomic mass is 32.2. The van der Waals surface area contributed by atoms with Crippen molar-refractivity contribution >= 4 is 28.6 Å². The van der Waals surface area contributed by atoms with Crippen molar-refractivity contribution in [1.82, 2.24) is 9.88 Å². The first kappa shape index (κ1) is 15.7. The van der Waals surface area contributed by atoms with Gasteiger partial charge in [-0.05, 0) is 24.6 Å². The van der Waals surface area contributed by atoms with E-state index in [4.69, 9.17) is 4.74 Å². The Balaban J connectivity index is 1.77. The summed E-state index contributed by atoms with van der Waals surface area (Å²) >= 11 is 1.82. The molecule has 0 unspecified atom stereocenters. The smallest absolute Gasteiger partial charge is 0.258 e. The maximum absolute atomic E-state index is 13.7. The predicted octanol–water partition coefficient (Wildman–Crippen LogP) is 2.43. The van der Waals surface area contributed by atoms with E-state index in [1.54, 1.807) is 0 Å². The number of carbonyl (C=O) groups is 1. The summed E-state index contributed by atoms with van der Waals surface area (Å²) in [4.78, 5) is 19.1. The van der Waals surface area contributed by atoms with Crippen LogP contribution in [0.4, 0.5) is 4.39 Å². The number of nitrogens with zero attached hydrogens (tertiary/aromatic N) is 2. The Morgan fingerprint density at radius 1 is 1.46 bits per heavy atom. The first-order chi connectivity index (χ1) is 11.6. The van der Waals surface area contributed by atoms with Gasteiger partial charge in [0.1, 0.15) is 11.6 Å². The fourth-order valence-corrected chi connectivity index (χ4v) is 4.76. The number of amides is 1. The number of aromatic hydroxyl groups is 1. The molecule has 1 amide bonds. The van der Waals surface area contributed by atoms with Crippen LogP contribution in [-0.4, -0.2) is 57.7 Å². The average molecular weight is 348 g/mol. The Hall–Kier alpha value is -1.86. The third kappa shape index (κ3) is 2.61. The third-order valence-corrected chi connectivity index (χ3v) is 5.92. The zero-order valence-corrected chi connectivity index (χ0v) is 13.8. The van der Waals surface area contributed by atoms with Crippen LogP contribution < -0.4 is 0 Å². The number of fused-ring (bicyclic) bond motifs is 2. The van der Waals surface area contributed by atoms with Gasteiger partial charge in [0, 0.05) is 35.6 Å². The highest BCUT2D eigenvalue weighted by molar-refractivity contribution is 8.00. The summed E-state index contributed by atoms with van der Waals surface area (Å²) in [6, 6.07) is 4.16. The quantitative estimate of drug-likeness (QED) is 0.858. The minimum absolute atomic E-state index is 0.0844. The van der Waals surface area contributed by atoms with Crippen molar-refractivity contribution in [1.29, 1.82) is 0 Å². The van der Waals surface area contributed by atoms with Gasteiger partial charge in [-0.3, -0.25) is 9.78 Å². The molecule has 0 radical (unpaired) electrons. The van der Waals surface area contributed by atoms with Gasteiger partial charge in [-0.15, -0.1) is 0 Å². The van der Waals surface area contributed by atoms with E-state index in [1.807, 2.05) is 16.7 Å². The molecule has 2 fully saturated rings. The van der Waals surface area contributed by atoms with Crippen LogP contribution in [-0.2, 0) is 4.74 Å². The van der Waals surface area contributed by atoms with E-state index in [0.29, 0.717) is 30.7 Å². The third-order valence-electron chi connectivity index (χ3n) is 4.62. The van der Waals surface area contributed by atoms with Crippen molar-refractivity contribution in [2.75, 3.05) is 25.5 Å². The van der Waals surface area contributed by atoms with E-state index < -0.39 is 5.82 Å². The van der Waals surface area contributed by atoms with Gasteiger partial charge in [0.15, 0.2) is 0 Å². The van der Waals surface area contributed by atoms with Crippen molar-refractivity contribution in [3.63, 3.8) is 0 Å². The van der Waals surface area contributed by atoms with Crippen LogP contribution >= 0.6 is 11.8 Å². The molecule has 0 spiro atoms. The van der Waals surface area contributed by atoms with Crippen LogP contribution in [0.5, 0.6) is 5.75 Å². The highest BCUT2D eigenvalue weighted by Gasteiger charge is 2.38. The van der Waals surface area contributed by atoms with Gasteiger partial charge in [0.2, 0.25) is 0 Å². The molecular weight excluding hydrogens is 331 g/mol. The second-order valence-corrected chi connectivity index (χ2v) is 7.37. The molecule has 1 aromatic heterocycles. The van der Waals surface area contributed by atoms with Crippen LogP contribution in [0.15, 0.2) is 24.4 Å². The number of aromatic nitrogens is 1. The standard InChI is InChI=1S/C17H17FN2O3S/c18-10-1-2-12-11(7-10)16(14(21)8-19-12)17(22)20-4-6-24-15-9-23-5-3-13(15)20/h1-2,7-8,13,15,21H,3-6,9H2/t13-,15-/m0/s1. The molecule has 2 atom stereocenters. The first-order valence-corrected chi connectivity index (χ1v) is 8.97. The van der Waals surface area contributed by atoms with Crippen molar-refractivity contribution in [2.24, 2.45) is 0 Å². The molecule has 0 saturated carbocycles. The van der Waals surface area contributed by atoms with E-state index in [2.05, 4.69) is 4.98 Å². The molecule has 24 heavy (non-hydrogen) atoms. The Labute approximate surface area is 142 Å². The minimum Gasteiger partial charge on any atom is -0.505 e. The van der Waals surface area contributed by atoms with Crippen LogP contribution in [0.2, 0.25) is 0 Å². The topological polar surface area (TPSA) is 62.7 Å². The zero-order chi connectivity index (χ0) is 16.7. The number of rotatable bonds is 1. The molecule has 2 saturated heterocycles. The van der Waals surface area contributed by atoms with E-state index in [0.717, 1.165) is 12.2 Å². The Morgan fingerprint density at radius 2 is 2.33 bits per heavy atom. The lowest BCUT2D eigenvalue weighted by Crippen LogP contribution is -2.54. The molecule has 2 aliphatic rings. The fraction of sp³-hybridized carbons (Fsp3) is 0.412. The summed E-state index contributed by atoms with van der Waals surface area (Å²) in [7, 11) is 0. The molecule has 3 heterocycles. The molecule has 7 heteroatoms. The molecule has 4 rings (SSSR count). The zero-order valence-electron chi connectivity index (χ0n) is 12.9. The predicted molar refractivity (Wildman–Crippen MR) is 89.9 cm³/mol. The SMILES string of the molecule is O=C(c1c(O)cnc2ccc(F)cc12)N1CCS[C@H]2COCC[C@@H]21. The summed E-state index contributed by atoms with van der Waals surface area (Å²) in [5.74, 6) is -0.0984. The largest absolute Gasteiger partial charge is 0.505 e. The van der Waals surface area contributed by atoms with Gasteiger partial charge >= 0.3 is 0 Å². The summed E-state index contributed by atoms with van der Waals surface area (Å²) in [6.07, 6.45) is 2.04.